The Morgan fingerprint density at radius 2 is 2.00 bits per heavy atom. The van der Waals surface area contributed by atoms with Gasteiger partial charge in [0.15, 0.2) is 6.23 Å². The SMILES string of the molecule is CCCN1C=CC(O)N(CCC)C1=O. The molecule has 0 aromatic rings. The fourth-order valence-electron chi connectivity index (χ4n) is 1.51. The third-order valence-corrected chi connectivity index (χ3v) is 2.18. The molecule has 1 atom stereocenters. The number of hydrogen-bond donors (Lipinski definition) is 1. The summed E-state index contributed by atoms with van der Waals surface area (Å²) in [4.78, 5) is 14.9. The Labute approximate surface area is 84.8 Å². The fourth-order valence-corrected chi connectivity index (χ4v) is 1.51. The van der Waals surface area contributed by atoms with Gasteiger partial charge in [-0.25, -0.2) is 4.79 Å². The van der Waals surface area contributed by atoms with Gasteiger partial charge in [-0.3, -0.25) is 4.90 Å². The van der Waals surface area contributed by atoms with Gasteiger partial charge < -0.3 is 10.0 Å². The molecule has 2 amide bonds. The monoisotopic (exact) mass is 198 g/mol. The van der Waals surface area contributed by atoms with Gasteiger partial charge in [-0.1, -0.05) is 13.8 Å². The van der Waals surface area contributed by atoms with Crippen LogP contribution >= 0.6 is 0 Å². The van der Waals surface area contributed by atoms with E-state index in [0.717, 1.165) is 12.8 Å². The largest absolute Gasteiger partial charge is 0.370 e. The summed E-state index contributed by atoms with van der Waals surface area (Å²) in [6.07, 6.45) is 4.34. The highest BCUT2D eigenvalue weighted by atomic mass is 16.3. The van der Waals surface area contributed by atoms with Crippen LogP contribution in [0.1, 0.15) is 26.7 Å². The van der Waals surface area contributed by atoms with E-state index in [0.29, 0.717) is 13.1 Å². The van der Waals surface area contributed by atoms with Crippen molar-refractivity contribution in [3.8, 4) is 0 Å². The van der Waals surface area contributed by atoms with E-state index in [2.05, 4.69) is 0 Å². The Morgan fingerprint density at radius 1 is 1.36 bits per heavy atom. The van der Waals surface area contributed by atoms with E-state index in [1.807, 2.05) is 13.8 Å². The Morgan fingerprint density at radius 3 is 2.57 bits per heavy atom. The van der Waals surface area contributed by atoms with E-state index in [9.17, 15) is 9.90 Å². The molecule has 80 valence electrons. The molecule has 0 aromatic heterocycles. The maximum atomic E-state index is 11.8. The molecule has 14 heavy (non-hydrogen) atoms. The lowest BCUT2D eigenvalue weighted by Crippen LogP contribution is -2.49. The van der Waals surface area contributed by atoms with Crippen molar-refractivity contribution in [3.63, 3.8) is 0 Å². The smallest absolute Gasteiger partial charge is 0.326 e. The number of carbonyl (C=O) groups is 1. The molecule has 0 aromatic carbocycles. The summed E-state index contributed by atoms with van der Waals surface area (Å²) < 4.78 is 0. The van der Waals surface area contributed by atoms with Gasteiger partial charge in [0.1, 0.15) is 0 Å². The van der Waals surface area contributed by atoms with Crippen LogP contribution in [0.2, 0.25) is 0 Å². The zero-order valence-corrected chi connectivity index (χ0v) is 8.81. The number of aliphatic hydroxyl groups is 1. The molecular formula is C10H18N2O2. The molecule has 0 radical (unpaired) electrons. The van der Waals surface area contributed by atoms with Crippen LogP contribution < -0.4 is 0 Å². The van der Waals surface area contributed by atoms with Crippen LogP contribution in [0.15, 0.2) is 12.3 Å². The zero-order chi connectivity index (χ0) is 10.6. The fraction of sp³-hybridized carbons (Fsp3) is 0.700. The molecule has 0 bridgehead atoms. The molecule has 1 unspecified atom stereocenters. The molecule has 1 N–H and O–H groups in total. The molecule has 0 fully saturated rings. The summed E-state index contributed by atoms with van der Waals surface area (Å²) in [5, 5.41) is 9.55. The molecule has 0 aliphatic carbocycles. The van der Waals surface area contributed by atoms with Gasteiger partial charge in [0.25, 0.3) is 0 Å². The molecule has 0 saturated heterocycles. The van der Waals surface area contributed by atoms with Crippen molar-refractivity contribution >= 4 is 6.03 Å². The lowest BCUT2D eigenvalue weighted by atomic mass is 10.3. The molecule has 0 spiro atoms. The second-order valence-corrected chi connectivity index (χ2v) is 3.42. The maximum Gasteiger partial charge on any atom is 0.326 e. The second-order valence-electron chi connectivity index (χ2n) is 3.42. The van der Waals surface area contributed by atoms with E-state index < -0.39 is 6.23 Å². The minimum Gasteiger partial charge on any atom is -0.370 e. The number of amides is 2. The van der Waals surface area contributed by atoms with Crippen LogP contribution in [0.25, 0.3) is 0 Å². The van der Waals surface area contributed by atoms with Crippen molar-refractivity contribution in [2.75, 3.05) is 13.1 Å². The van der Waals surface area contributed by atoms with Crippen molar-refractivity contribution < 1.29 is 9.90 Å². The second kappa shape index (κ2) is 5.00. The number of hydrogen-bond acceptors (Lipinski definition) is 2. The minimum atomic E-state index is -0.754. The summed E-state index contributed by atoms with van der Waals surface area (Å²) in [6.45, 7) is 5.33. The minimum absolute atomic E-state index is 0.0938. The van der Waals surface area contributed by atoms with Crippen LogP contribution in [0.4, 0.5) is 4.79 Å². The Bertz CT molecular complexity index is 228. The third-order valence-electron chi connectivity index (χ3n) is 2.18. The summed E-state index contributed by atoms with van der Waals surface area (Å²) in [5.41, 5.74) is 0. The Kier molecular flexibility index (Phi) is 3.95. The maximum absolute atomic E-state index is 11.8. The quantitative estimate of drug-likeness (QED) is 0.741. The van der Waals surface area contributed by atoms with Crippen LogP contribution in [0, 0.1) is 0 Å². The average Bonchev–Trinajstić information content (AvgIpc) is 2.17. The first kappa shape index (κ1) is 11.0. The van der Waals surface area contributed by atoms with Crippen molar-refractivity contribution in [1.29, 1.82) is 0 Å². The van der Waals surface area contributed by atoms with E-state index in [-0.39, 0.29) is 6.03 Å². The first-order valence-corrected chi connectivity index (χ1v) is 5.14. The lowest BCUT2D eigenvalue weighted by Gasteiger charge is -2.34. The third kappa shape index (κ3) is 2.26. The molecule has 1 aliphatic rings. The molecule has 4 heteroatoms. The van der Waals surface area contributed by atoms with E-state index >= 15 is 0 Å². The van der Waals surface area contributed by atoms with Gasteiger partial charge >= 0.3 is 6.03 Å². The predicted octanol–water partition coefficient (Wildman–Crippen LogP) is 1.38. The average molecular weight is 198 g/mol. The van der Waals surface area contributed by atoms with E-state index in [1.165, 1.54) is 4.90 Å². The predicted molar refractivity (Wildman–Crippen MR) is 54.5 cm³/mol. The van der Waals surface area contributed by atoms with Crippen LogP contribution in [-0.2, 0) is 0 Å². The molecular weight excluding hydrogens is 180 g/mol. The van der Waals surface area contributed by atoms with Crippen molar-refractivity contribution in [2.24, 2.45) is 0 Å². The number of carbonyl (C=O) groups excluding carboxylic acids is 1. The van der Waals surface area contributed by atoms with Gasteiger partial charge in [0.05, 0.1) is 0 Å². The highest BCUT2D eigenvalue weighted by Crippen LogP contribution is 2.12. The van der Waals surface area contributed by atoms with Crippen LogP contribution in [-0.4, -0.2) is 40.3 Å². The van der Waals surface area contributed by atoms with Crippen molar-refractivity contribution in [1.82, 2.24) is 9.80 Å². The number of urea groups is 1. The highest BCUT2D eigenvalue weighted by Gasteiger charge is 2.26. The van der Waals surface area contributed by atoms with Crippen molar-refractivity contribution in [3.05, 3.63) is 12.3 Å². The number of rotatable bonds is 4. The van der Waals surface area contributed by atoms with E-state index in [4.69, 9.17) is 0 Å². The zero-order valence-electron chi connectivity index (χ0n) is 8.81. The first-order valence-electron chi connectivity index (χ1n) is 5.14. The molecule has 1 aliphatic heterocycles. The van der Waals surface area contributed by atoms with Gasteiger partial charge in [0.2, 0.25) is 0 Å². The molecule has 4 nitrogen and oxygen atoms in total. The van der Waals surface area contributed by atoms with Crippen LogP contribution in [0.5, 0.6) is 0 Å². The standard InChI is InChI=1S/C10H18N2O2/c1-3-6-11-8-5-9(13)12(7-4-2)10(11)14/h5,8-9,13H,3-4,6-7H2,1-2H3. The summed E-state index contributed by atoms with van der Waals surface area (Å²) >= 11 is 0. The molecule has 1 rings (SSSR count). The Hall–Kier alpha value is -1.03. The first-order chi connectivity index (χ1) is 6.70. The summed E-state index contributed by atoms with van der Waals surface area (Å²) in [5.74, 6) is 0. The number of nitrogens with zero attached hydrogens (tertiary/aromatic N) is 2. The summed E-state index contributed by atoms with van der Waals surface area (Å²) in [6, 6.07) is -0.0938. The van der Waals surface area contributed by atoms with E-state index in [1.54, 1.807) is 17.2 Å². The lowest BCUT2D eigenvalue weighted by molar-refractivity contribution is 0.0457. The normalized spacial score (nSPS) is 21.9. The van der Waals surface area contributed by atoms with Gasteiger partial charge in [0, 0.05) is 19.3 Å². The topological polar surface area (TPSA) is 43.8 Å². The number of aliphatic hydroxyl groups excluding tert-OH is 1. The molecule has 0 saturated carbocycles. The summed E-state index contributed by atoms with van der Waals surface area (Å²) in [7, 11) is 0. The van der Waals surface area contributed by atoms with Gasteiger partial charge in [-0.05, 0) is 18.9 Å². The van der Waals surface area contributed by atoms with Gasteiger partial charge in [-0.15, -0.1) is 0 Å². The van der Waals surface area contributed by atoms with Crippen LogP contribution in [0.3, 0.4) is 0 Å². The Balaban J connectivity index is 2.68. The molecule has 1 heterocycles. The highest BCUT2D eigenvalue weighted by molar-refractivity contribution is 5.77. The van der Waals surface area contributed by atoms with Gasteiger partial charge in [-0.2, -0.15) is 0 Å². The van der Waals surface area contributed by atoms with Crippen molar-refractivity contribution in [2.45, 2.75) is 32.9 Å².